The number of carbonyl (C=O) groups is 3. The molecule has 1 fully saturated rings. The molecule has 0 atom stereocenters. The van der Waals surface area contributed by atoms with Gasteiger partial charge in [-0.1, -0.05) is 29.3 Å². The molecule has 1 N–H and O–H groups in total. The van der Waals surface area contributed by atoms with Gasteiger partial charge in [-0.25, -0.2) is 9.69 Å². The molecule has 0 unspecified atom stereocenters. The number of nitrogens with one attached hydrogen (secondary N) is 1. The standard InChI is InChI=1S/C12H10Cl2N2O3/c1-12(2)9(17)15-11(19)16(10(12)18)7-5-3-4-6(13)8(7)14/h3-5H,1-2H3,(H,15,17,19). The predicted molar refractivity (Wildman–Crippen MR) is 71.3 cm³/mol. The van der Waals surface area contributed by atoms with Gasteiger partial charge in [-0.05, 0) is 26.0 Å². The van der Waals surface area contributed by atoms with E-state index in [4.69, 9.17) is 23.2 Å². The van der Waals surface area contributed by atoms with Gasteiger partial charge in [-0.3, -0.25) is 14.9 Å². The first-order valence-corrected chi connectivity index (χ1v) is 6.16. The highest BCUT2D eigenvalue weighted by Gasteiger charge is 2.48. The number of nitrogens with zero attached hydrogens (tertiary/aromatic N) is 1. The van der Waals surface area contributed by atoms with Gasteiger partial charge in [0.1, 0.15) is 5.41 Å². The summed E-state index contributed by atoms with van der Waals surface area (Å²) >= 11 is 11.9. The first kappa shape index (κ1) is 13.8. The van der Waals surface area contributed by atoms with E-state index < -0.39 is 23.3 Å². The molecule has 0 radical (unpaired) electrons. The van der Waals surface area contributed by atoms with Crippen LogP contribution in [0.3, 0.4) is 0 Å². The summed E-state index contributed by atoms with van der Waals surface area (Å²) in [5, 5.41) is 2.42. The molecule has 0 spiro atoms. The molecule has 7 heteroatoms. The van der Waals surface area contributed by atoms with Gasteiger partial charge in [0, 0.05) is 0 Å². The lowest BCUT2D eigenvalue weighted by molar-refractivity contribution is -0.140. The summed E-state index contributed by atoms with van der Waals surface area (Å²) in [6, 6.07) is 3.75. The van der Waals surface area contributed by atoms with Crippen molar-refractivity contribution in [2.45, 2.75) is 13.8 Å². The van der Waals surface area contributed by atoms with E-state index in [0.717, 1.165) is 4.90 Å². The van der Waals surface area contributed by atoms with Crippen molar-refractivity contribution in [2.75, 3.05) is 4.90 Å². The Labute approximate surface area is 119 Å². The van der Waals surface area contributed by atoms with Crippen LogP contribution < -0.4 is 10.2 Å². The minimum absolute atomic E-state index is 0.0813. The topological polar surface area (TPSA) is 66.5 Å². The van der Waals surface area contributed by atoms with Crippen molar-refractivity contribution in [3.05, 3.63) is 28.2 Å². The number of hydrogen-bond donors (Lipinski definition) is 1. The lowest BCUT2D eigenvalue weighted by Crippen LogP contribution is -2.62. The Bertz CT molecular complexity index is 599. The summed E-state index contributed by atoms with van der Waals surface area (Å²) in [6.07, 6.45) is 0. The zero-order valence-electron chi connectivity index (χ0n) is 10.2. The Morgan fingerprint density at radius 1 is 1.16 bits per heavy atom. The largest absolute Gasteiger partial charge is 0.335 e. The zero-order chi connectivity index (χ0) is 14.4. The van der Waals surface area contributed by atoms with Crippen molar-refractivity contribution < 1.29 is 14.4 Å². The fraction of sp³-hybridized carbons (Fsp3) is 0.250. The molecule has 0 aliphatic carbocycles. The second-order valence-electron chi connectivity index (χ2n) is 4.60. The van der Waals surface area contributed by atoms with E-state index >= 15 is 0 Å². The molecule has 4 amide bonds. The molecule has 1 aromatic carbocycles. The van der Waals surface area contributed by atoms with Crippen LogP contribution in [0.25, 0.3) is 0 Å². The number of carbonyl (C=O) groups excluding carboxylic acids is 3. The second kappa shape index (κ2) is 4.51. The lowest BCUT2D eigenvalue weighted by atomic mass is 9.88. The maximum absolute atomic E-state index is 12.3. The Balaban J connectivity index is 2.55. The average molecular weight is 301 g/mol. The number of barbiturate groups is 1. The Morgan fingerprint density at radius 3 is 2.42 bits per heavy atom. The molecule has 0 saturated carbocycles. The molecular formula is C12H10Cl2N2O3. The first-order chi connectivity index (χ1) is 8.76. The lowest BCUT2D eigenvalue weighted by Gasteiger charge is -2.34. The molecular weight excluding hydrogens is 291 g/mol. The fourth-order valence-electron chi connectivity index (χ4n) is 1.66. The van der Waals surface area contributed by atoms with Crippen LogP contribution in [0.1, 0.15) is 13.8 Å². The van der Waals surface area contributed by atoms with E-state index in [-0.39, 0.29) is 15.7 Å². The molecule has 5 nitrogen and oxygen atoms in total. The second-order valence-corrected chi connectivity index (χ2v) is 5.38. The van der Waals surface area contributed by atoms with Gasteiger partial charge in [0.05, 0.1) is 15.7 Å². The molecule has 1 aliphatic rings. The molecule has 2 rings (SSSR count). The Morgan fingerprint density at radius 2 is 1.79 bits per heavy atom. The molecule has 1 saturated heterocycles. The molecule has 19 heavy (non-hydrogen) atoms. The van der Waals surface area contributed by atoms with Crippen LogP contribution in [0.15, 0.2) is 18.2 Å². The number of rotatable bonds is 1. The maximum atomic E-state index is 12.3. The number of benzene rings is 1. The number of anilines is 1. The third-order valence-corrected chi connectivity index (χ3v) is 3.71. The molecule has 100 valence electrons. The summed E-state index contributed by atoms with van der Waals surface area (Å²) in [7, 11) is 0. The molecule has 1 heterocycles. The maximum Gasteiger partial charge on any atom is 0.335 e. The number of amides is 4. The van der Waals surface area contributed by atoms with E-state index in [1.54, 1.807) is 6.07 Å². The van der Waals surface area contributed by atoms with Crippen molar-refractivity contribution in [1.82, 2.24) is 5.32 Å². The number of halogens is 2. The minimum atomic E-state index is -1.35. The quantitative estimate of drug-likeness (QED) is 0.811. The Hall–Kier alpha value is -1.59. The van der Waals surface area contributed by atoms with E-state index in [9.17, 15) is 14.4 Å². The van der Waals surface area contributed by atoms with Crippen LogP contribution >= 0.6 is 23.2 Å². The highest BCUT2D eigenvalue weighted by atomic mass is 35.5. The summed E-state index contributed by atoms with van der Waals surface area (Å²) in [5.41, 5.74) is -1.20. The third kappa shape index (κ3) is 2.09. The van der Waals surface area contributed by atoms with Crippen molar-refractivity contribution in [3.63, 3.8) is 0 Å². The van der Waals surface area contributed by atoms with E-state index in [1.807, 2.05) is 0 Å². The van der Waals surface area contributed by atoms with Gasteiger partial charge < -0.3 is 0 Å². The predicted octanol–water partition coefficient (Wildman–Crippen LogP) is 2.60. The van der Waals surface area contributed by atoms with Crippen molar-refractivity contribution in [2.24, 2.45) is 5.41 Å². The highest BCUT2D eigenvalue weighted by molar-refractivity contribution is 6.45. The van der Waals surface area contributed by atoms with Crippen LogP contribution in [-0.2, 0) is 9.59 Å². The third-order valence-electron chi connectivity index (χ3n) is 2.90. The normalized spacial score (nSPS) is 18.5. The first-order valence-electron chi connectivity index (χ1n) is 5.41. The van der Waals surface area contributed by atoms with Crippen LogP contribution in [0.5, 0.6) is 0 Å². The van der Waals surface area contributed by atoms with Crippen molar-refractivity contribution in [3.8, 4) is 0 Å². The minimum Gasteiger partial charge on any atom is -0.276 e. The number of imide groups is 2. The van der Waals surface area contributed by atoms with E-state index in [2.05, 4.69) is 5.32 Å². The van der Waals surface area contributed by atoms with E-state index in [1.165, 1.54) is 26.0 Å². The van der Waals surface area contributed by atoms with E-state index in [0.29, 0.717) is 0 Å². The number of hydrogen-bond acceptors (Lipinski definition) is 3. The smallest absolute Gasteiger partial charge is 0.276 e. The van der Waals surface area contributed by atoms with Gasteiger partial charge in [0.2, 0.25) is 11.8 Å². The fourth-order valence-corrected chi connectivity index (χ4v) is 2.04. The molecule has 0 bridgehead atoms. The zero-order valence-corrected chi connectivity index (χ0v) is 11.7. The van der Waals surface area contributed by atoms with Crippen LogP contribution in [0.2, 0.25) is 10.0 Å². The Kier molecular flexibility index (Phi) is 3.28. The monoisotopic (exact) mass is 300 g/mol. The van der Waals surface area contributed by atoms with Gasteiger partial charge >= 0.3 is 6.03 Å². The number of urea groups is 1. The van der Waals surface area contributed by atoms with Gasteiger partial charge in [0.15, 0.2) is 0 Å². The molecule has 1 aliphatic heterocycles. The van der Waals surface area contributed by atoms with Gasteiger partial charge in [-0.15, -0.1) is 0 Å². The van der Waals surface area contributed by atoms with Gasteiger partial charge in [0.25, 0.3) is 0 Å². The SMILES string of the molecule is CC1(C)C(=O)NC(=O)N(c2cccc(Cl)c2Cl)C1=O. The summed E-state index contributed by atoms with van der Waals surface area (Å²) < 4.78 is 0. The average Bonchev–Trinajstić information content (AvgIpc) is 2.33. The van der Waals surface area contributed by atoms with Crippen molar-refractivity contribution in [1.29, 1.82) is 0 Å². The summed E-state index contributed by atoms with van der Waals surface area (Å²) in [6.45, 7) is 2.87. The summed E-state index contributed by atoms with van der Waals surface area (Å²) in [5.74, 6) is -1.29. The summed E-state index contributed by atoms with van der Waals surface area (Å²) in [4.78, 5) is 36.6. The van der Waals surface area contributed by atoms with Crippen LogP contribution in [0, 0.1) is 5.41 Å². The van der Waals surface area contributed by atoms with Crippen LogP contribution in [0.4, 0.5) is 10.5 Å². The molecule has 0 aromatic heterocycles. The van der Waals surface area contributed by atoms with Crippen LogP contribution in [-0.4, -0.2) is 17.8 Å². The van der Waals surface area contributed by atoms with Gasteiger partial charge in [-0.2, -0.15) is 0 Å². The van der Waals surface area contributed by atoms with Crippen molar-refractivity contribution >= 4 is 46.7 Å². The highest BCUT2D eigenvalue weighted by Crippen LogP contribution is 2.36. The molecule has 1 aromatic rings.